The lowest BCUT2D eigenvalue weighted by atomic mass is 10.3. The Labute approximate surface area is 124 Å². The molecular formula is C14H23BrN4. The topological polar surface area (TPSA) is 41.1 Å². The minimum atomic E-state index is 0.524. The van der Waals surface area contributed by atoms with Crippen LogP contribution < -0.4 is 5.32 Å². The maximum absolute atomic E-state index is 4.54. The molecule has 0 saturated heterocycles. The first-order valence-corrected chi connectivity index (χ1v) is 7.88. The highest BCUT2D eigenvalue weighted by molar-refractivity contribution is 9.10. The third-order valence-electron chi connectivity index (χ3n) is 3.61. The maximum Gasteiger partial charge on any atom is 0.132 e. The zero-order valence-electron chi connectivity index (χ0n) is 12.0. The number of nitrogens with zero attached hydrogens (tertiary/aromatic N) is 3. The van der Waals surface area contributed by atoms with Crippen LogP contribution in [0.2, 0.25) is 0 Å². The monoisotopic (exact) mass is 326 g/mol. The Kier molecular flexibility index (Phi) is 5.16. The van der Waals surface area contributed by atoms with Crippen LogP contribution in [-0.2, 0) is 6.42 Å². The molecule has 1 N–H and O–H groups in total. The molecule has 1 aliphatic carbocycles. The fourth-order valence-corrected chi connectivity index (χ4v) is 2.55. The predicted molar refractivity (Wildman–Crippen MR) is 82.5 cm³/mol. The number of nitrogens with one attached hydrogen (secondary N) is 1. The summed E-state index contributed by atoms with van der Waals surface area (Å²) >= 11 is 3.45. The van der Waals surface area contributed by atoms with Gasteiger partial charge >= 0.3 is 0 Å². The van der Waals surface area contributed by atoms with Crippen LogP contribution in [0.25, 0.3) is 0 Å². The second kappa shape index (κ2) is 6.66. The predicted octanol–water partition coefficient (Wildman–Crippen LogP) is 3.09. The molecule has 1 aromatic heterocycles. The summed E-state index contributed by atoms with van der Waals surface area (Å²) in [6.07, 6.45) is 4.68. The summed E-state index contributed by atoms with van der Waals surface area (Å²) in [4.78, 5) is 11.4. The normalized spacial score (nSPS) is 16.7. The summed E-state index contributed by atoms with van der Waals surface area (Å²) in [5, 5.41) is 3.42. The van der Waals surface area contributed by atoms with Gasteiger partial charge in [-0.25, -0.2) is 9.97 Å². The summed E-state index contributed by atoms with van der Waals surface area (Å²) in [7, 11) is 2.21. The van der Waals surface area contributed by atoms with E-state index in [0.29, 0.717) is 6.04 Å². The lowest BCUT2D eigenvalue weighted by Crippen LogP contribution is -2.36. The molecule has 0 aromatic carbocycles. The van der Waals surface area contributed by atoms with Gasteiger partial charge in [-0.3, -0.25) is 4.90 Å². The van der Waals surface area contributed by atoms with E-state index in [1.807, 2.05) is 6.07 Å². The van der Waals surface area contributed by atoms with Crippen molar-refractivity contribution in [3.63, 3.8) is 0 Å². The quantitative estimate of drug-likeness (QED) is 0.782. The summed E-state index contributed by atoms with van der Waals surface area (Å²) in [5.41, 5.74) is 0. The largest absolute Gasteiger partial charge is 0.368 e. The van der Waals surface area contributed by atoms with Gasteiger partial charge in [-0.2, -0.15) is 0 Å². The van der Waals surface area contributed by atoms with Gasteiger partial charge in [0.25, 0.3) is 0 Å². The van der Waals surface area contributed by atoms with Crippen molar-refractivity contribution in [3.8, 4) is 0 Å². The number of anilines is 1. The first-order valence-electron chi connectivity index (χ1n) is 7.09. The zero-order valence-corrected chi connectivity index (χ0v) is 13.6. The number of hydrogen-bond donors (Lipinski definition) is 1. The molecule has 1 fully saturated rings. The average Bonchev–Trinajstić information content (AvgIpc) is 3.19. The Morgan fingerprint density at radius 2 is 2.21 bits per heavy atom. The molecule has 0 spiro atoms. The number of halogens is 1. The van der Waals surface area contributed by atoms with E-state index in [0.717, 1.165) is 41.7 Å². The molecule has 1 heterocycles. The summed E-state index contributed by atoms with van der Waals surface area (Å²) in [6.45, 7) is 5.32. The van der Waals surface area contributed by atoms with E-state index in [4.69, 9.17) is 0 Å². The van der Waals surface area contributed by atoms with Crippen molar-refractivity contribution in [2.75, 3.05) is 18.9 Å². The molecule has 1 unspecified atom stereocenters. The molecule has 1 aliphatic rings. The molecule has 4 nitrogen and oxygen atoms in total. The van der Waals surface area contributed by atoms with Crippen molar-refractivity contribution in [2.45, 2.75) is 51.6 Å². The van der Waals surface area contributed by atoms with E-state index >= 15 is 0 Å². The van der Waals surface area contributed by atoms with Crippen molar-refractivity contribution in [3.05, 3.63) is 16.5 Å². The summed E-state index contributed by atoms with van der Waals surface area (Å²) in [5.74, 6) is 1.82. The van der Waals surface area contributed by atoms with Gasteiger partial charge in [-0.1, -0.05) is 6.92 Å². The molecule has 1 aromatic rings. The molecule has 106 valence electrons. The number of rotatable bonds is 7. The first-order chi connectivity index (χ1) is 9.10. The first kappa shape index (κ1) is 14.7. The minimum absolute atomic E-state index is 0.524. The summed E-state index contributed by atoms with van der Waals surface area (Å²) < 4.78 is 0.858. The van der Waals surface area contributed by atoms with Crippen LogP contribution in [0.5, 0.6) is 0 Å². The van der Waals surface area contributed by atoms with Gasteiger partial charge in [0, 0.05) is 31.1 Å². The third-order valence-corrected chi connectivity index (χ3v) is 4.02. The second-order valence-corrected chi connectivity index (χ2v) is 6.18. The second-order valence-electron chi connectivity index (χ2n) is 5.37. The van der Waals surface area contributed by atoms with Gasteiger partial charge < -0.3 is 5.32 Å². The van der Waals surface area contributed by atoms with Crippen molar-refractivity contribution in [2.24, 2.45) is 0 Å². The molecular weight excluding hydrogens is 304 g/mol. The van der Waals surface area contributed by atoms with E-state index in [9.17, 15) is 0 Å². The number of likely N-dealkylation sites (N-methyl/N-ethyl adjacent to an activating group) is 1. The summed E-state index contributed by atoms with van der Waals surface area (Å²) in [6, 6.07) is 3.27. The van der Waals surface area contributed by atoms with Gasteiger partial charge in [-0.15, -0.1) is 0 Å². The minimum Gasteiger partial charge on any atom is -0.368 e. The van der Waals surface area contributed by atoms with E-state index in [-0.39, 0.29) is 0 Å². The molecule has 1 atom stereocenters. The van der Waals surface area contributed by atoms with Crippen molar-refractivity contribution in [1.29, 1.82) is 0 Å². The van der Waals surface area contributed by atoms with Gasteiger partial charge in [0.2, 0.25) is 0 Å². The van der Waals surface area contributed by atoms with Crippen LogP contribution in [-0.4, -0.2) is 40.5 Å². The van der Waals surface area contributed by atoms with Crippen LogP contribution in [0.3, 0.4) is 0 Å². The highest BCUT2D eigenvalue weighted by Gasteiger charge is 2.28. The van der Waals surface area contributed by atoms with E-state index in [2.05, 4.69) is 57.0 Å². The number of aryl methyl sites for hydroxylation is 1. The average molecular weight is 327 g/mol. The number of aromatic nitrogens is 2. The Hall–Kier alpha value is -0.680. The Bertz CT molecular complexity index is 420. The maximum atomic E-state index is 4.54. The molecule has 0 bridgehead atoms. The molecule has 1 saturated carbocycles. The Morgan fingerprint density at radius 3 is 2.84 bits per heavy atom. The van der Waals surface area contributed by atoms with Crippen LogP contribution in [0, 0.1) is 0 Å². The Morgan fingerprint density at radius 1 is 1.47 bits per heavy atom. The molecule has 0 amide bonds. The van der Waals surface area contributed by atoms with Gasteiger partial charge in [-0.05, 0) is 49.2 Å². The molecule has 0 radical (unpaired) electrons. The standard InChI is InChI=1S/C14H23BrN4/c1-4-5-13-17-12(15)8-14(18-13)16-9-10(2)19(3)11-6-7-11/h8,10-11H,4-7,9H2,1-3H3,(H,16,17,18). The van der Waals surface area contributed by atoms with Crippen LogP contribution in [0.15, 0.2) is 10.7 Å². The van der Waals surface area contributed by atoms with E-state index in [1.54, 1.807) is 0 Å². The zero-order chi connectivity index (χ0) is 13.8. The smallest absolute Gasteiger partial charge is 0.132 e. The molecule has 19 heavy (non-hydrogen) atoms. The lowest BCUT2D eigenvalue weighted by molar-refractivity contribution is 0.257. The Balaban J connectivity index is 1.90. The van der Waals surface area contributed by atoms with Gasteiger partial charge in [0.05, 0.1) is 0 Å². The van der Waals surface area contributed by atoms with Gasteiger partial charge in [0.15, 0.2) is 0 Å². The molecule has 2 rings (SSSR count). The van der Waals surface area contributed by atoms with Gasteiger partial charge in [0.1, 0.15) is 16.2 Å². The lowest BCUT2D eigenvalue weighted by Gasteiger charge is -2.24. The third kappa shape index (κ3) is 4.42. The van der Waals surface area contributed by atoms with E-state index < -0.39 is 0 Å². The van der Waals surface area contributed by atoms with Crippen LogP contribution >= 0.6 is 15.9 Å². The molecule has 5 heteroatoms. The van der Waals surface area contributed by atoms with Crippen LogP contribution in [0.4, 0.5) is 5.82 Å². The fraction of sp³-hybridized carbons (Fsp3) is 0.714. The fourth-order valence-electron chi connectivity index (χ4n) is 2.13. The van der Waals surface area contributed by atoms with E-state index in [1.165, 1.54) is 12.8 Å². The van der Waals surface area contributed by atoms with Crippen molar-refractivity contribution >= 4 is 21.7 Å². The van der Waals surface area contributed by atoms with Crippen LogP contribution in [0.1, 0.15) is 38.9 Å². The van der Waals surface area contributed by atoms with Crippen molar-refractivity contribution < 1.29 is 0 Å². The molecule has 0 aliphatic heterocycles. The number of hydrogen-bond acceptors (Lipinski definition) is 4. The highest BCUT2D eigenvalue weighted by Crippen LogP contribution is 2.27. The van der Waals surface area contributed by atoms with Crippen molar-refractivity contribution in [1.82, 2.24) is 14.9 Å². The SMILES string of the molecule is CCCc1nc(Br)cc(NCC(C)N(C)C2CC2)n1. The highest BCUT2D eigenvalue weighted by atomic mass is 79.9.